The molecule has 0 atom stereocenters. The molecule has 1 fully saturated rings. The zero-order chi connectivity index (χ0) is 18.0. The average Bonchev–Trinajstić information content (AvgIpc) is 2.93. The summed E-state index contributed by atoms with van der Waals surface area (Å²) in [5.74, 6) is -0.527. The van der Waals surface area contributed by atoms with E-state index in [1.54, 1.807) is 17.8 Å². The number of aliphatic hydroxyl groups is 1. The molecule has 1 saturated heterocycles. The first-order chi connectivity index (χ1) is 12.0. The van der Waals surface area contributed by atoms with Crippen LogP contribution in [-0.4, -0.2) is 40.0 Å². The summed E-state index contributed by atoms with van der Waals surface area (Å²) in [6.45, 7) is 3.37. The minimum Gasteiger partial charge on any atom is -0.393 e. The van der Waals surface area contributed by atoms with Gasteiger partial charge in [-0.15, -0.1) is 0 Å². The lowest BCUT2D eigenvalue weighted by molar-refractivity contribution is 0.0950. The van der Waals surface area contributed by atoms with E-state index in [-0.39, 0.29) is 24.4 Å². The maximum Gasteiger partial charge on any atom is 0.255 e. The highest BCUT2D eigenvalue weighted by atomic mass is 19.1. The number of aromatic nitrogens is 2. The minimum atomic E-state index is -0.305. The van der Waals surface area contributed by atoms with Gasteiger partial charge in [-0.1, -0.05) is 6.07 Å². The fraction of sp³-hybridized carbons (Fsp3) is 0.444. The smallest absolute Gasteiger partial charge is 0.255 e. The van der Waals surface area contributed by atoms with Crippen LogP contribution in [0.4, 0.5) is 10.1 Å². The number of nitrogens with one attached hydrogen (secondary N) is 1. The first kappa shape index (κ1) is 17.4. The van der Waals surface area contributed by atoms with Crippen LogP contribution in [-0.2, 0) is 13.6 Å². The molecule has 1 aromatic heterocycles. The summed E-state index contributed by atoms with van der Waals surface area (Å²) in [5.41, 5.74) is 2.55. The summed E-state index contributed by atoms with van der Waals surface area (Å²) >= 11 is 0. The van der Waals surface area contributed by atoms with E-state index in [1.807, 2.05) is 17.9 Å². The summed E-state index contributed by atoms with van der Waals surface area (Å²) in [6.07, 6.45) is 2.55. The molecule has 1 amide bonds. The van der Waals surface area contributed by atoms with Crippen molar-refractivity contribution in [1.82, 2.24) is 15.1 Å². The van der Waals surface area contributed by atoms with E-state index < -0.39 is 0 Å². The Kier molecular flexibility index (Phi) is 5.03. The number of hydrogen-bond acceptors (Lipinski definition) is 4. The molecule has 0 bridgehead atoms. The molecule has 0 spiro atoms. The fourth-order valence-electron chi connectivity index (χ4n) is 3.02. The maximum atomic E-state index is 14.4. The molecule has 2 N–H and O–H groups in total. The molecule has 0 unspecified atom stereocenters. The number of aryl methyl sites for hydroxylation is 1. The monoisotopic (exact) mass is 346 g/mol. The van der Waals surface area contributed by atoms with E-state index in [1.165, 1.54) is 12.3 Å². The first-order valence-corrected chi connectivity index (χ1v) is 8.44. The van der Waals surface area contributed by atoms with Gasteiger partial charge >= 0.3 is 0 Å². The van der Waals surface area contributed by atoms with Crippen LogP contribution in [0, 0.1) is 12.7 Å². The number of rotatable bonds is 4. The van der Waals surface area contributed by atoms with E-state index in [4.69, 9.17) is 0 Å². The summed E-state index contributed by atoms with van der Waals surface area (Å²) in [7, 11) is 1.78. The summed E-state index contributed by atoms with van der Waals surface area (Å²) in [4.78, 5) is 14.1. The van der Waals surface area contributed by atoms with Crippen LogP contribution >= 0.6 is 0 Å². The second-order valence-electron chi connectivity index (χ2n) is 6.45. The molecular weight excluding hydrogens is 323 g/mol. The Labute approximate surface area is 146 Å². The number of aliphatic hydroxyl groups excluding tert-OH is 1. The molecule has 2 aromatic rings. The van der Waals surface area contributed by atoms with Gasteiger partial charge in [0.15, 0.2) is 0 Å². The van der Waals surface area contributed by atoms with Crippen molar-refractivity contribution in [2.24, 2.45) is 7.05 Å². The van der Waals surface area contributed by atoms with Gasteiger partial charge in [-0.2, -0.15) is 5.10 Å². The van der Waals surface area contributed by atoms with Crippen molar-refractivity contribution in [1.29, 1.82) is 0 Å². The molecule has 2 heterocycles. The van der Waals surface area contributed by atoms with Crippen LogP contribution in [0.5, 0.6) is 0 Å². The van der Waals surface area contributed by atoms with E-state index in [0.29, 0.717) is 42.7 Å². The third-order valence-corrected chi connectivity index (χ3v) is 4.75. The maximum absolute atomic E-state index is 14.4. The zero-order valence-electron chi connectivity index (χ0n) is 14.5. The standard InChI is InChI=1S/C18H23FN4O2/c1-12-15(11-21-22(12)2)18(25)20-10-13-3-4-17(16(19)9-13)23-7-5-14(24)6-8-23/h3-4,9,11,14,24H,5-8,10H2,1-2H3,(H,20,25). The highest BCUT2D eigenvalue weighted by Gasteiger charge is 2.20. The van der Waals surface area contributed by atoms with Gasteiger partial charge in [0.1, 0.15) is 5.82 Å². The predicted octanol–water partition coefficient (Wildman–Crippen LogP) is 1.76. The van der Waals surface area contributed by atoms with Crippen LogP contribution in [0.15, 0.2) is 24.4 Å². The number of piperidine rings is 1. The second kappa shape index (κ2) is 7.23. The van der Waals surface area contributed by atoms with Gasteiger partial charge in [0.2, 0.25) is 0 Å². The number of carbonyl (C=O) groups is 1. The molecule has 25 heavy (non-hydrogen) atoms. The SMILES string of the molecule is Cc1c(C(=O)NCc2ccc(N3CCC(O)CC3)c(F)c2)cnn1C. The van der Waals surface area contributed by atoms with Gasteiger partial charge in [-0.05, 0) is 37.5 Å². The number of benzene rings is 1. The predicted molar refractivity (Wildman–Crippen MR) is 93.0 cm³/mol. The van der Waals surface area contributed by atoms with Crippen molar-refractivity contribution in [2.75, 3.05) is 18.0 Å². The second-order valence-corrected chi connectivity index (χ2v) is 6.45. The van der Waals surface area contributed by atoms with Gasteiger partial charge in [0.25, 0.3) is 5.91 Å². The Morgan fingerprint density at radius 3 is 2.72 bits per heavy atom. The summed E-state index contributed by atoms with van der Waals surface area (Å²) < 4.78 is 16.1. The van der Waals surface area contributed by atoms with Crippen molar-refractivity contribution in [3.05, 3.63) is 47.0 Å². The lowest BCUT2D eigenvalue weighted by Crippen LogP contribution is -2.36. The molecule has 1 aliphatic rings. The number of carbonyl (C=O) groups excluding carboxylic acids is 1. The molecule has 3 rings (SSSR count). The summed E-state index contributed by atoms with van der Waals surface area (Å²) in [6, 6.07) is 5.01. The Hall–Kier alpha value is -2.41. The van der Waals surface area contributed by atoms with Crippen LogP contribution < -0.4 is 10.2 Å². The molecule has 0 saturated carbocycles. The third-order valence-electron chi connectivity index (χ3n) is 4.75. The minimum absolute atomic E-state index is 0.222. The van der Waals surface area contributed by atoms with Gasteiger partial charge in [-0.3, -0.25) is 9.48 Å². The van der Waals surface area contributed by atoms with E-state index in [2.05, 4.69) is 10.4 Å². The number of hydrogen-bond donors (Lipinski definition) is 2. The van der Waals surface area contributed by atoms with Crippen LogP contribution in [0.2, 0.25) is 0 Å². The molecule has 1 aliphatic heterocycles. The molecule has 6 nitrogen and oxygen atoms in total. The van der Waals surface area contributed by atoms with Crippen LogP contribution in [0.25, 0.3) is 0 Å². The number of halogens is 1. The molecule has 1 aromatic carbocycles. The number of amides is 1. The van der Waals surface area contributed by atoms with Crippen molar-refractivity contribution < 1.29 is 14.3 Å². The van der Waals surface area contributed by atoms with Crippen LogP contribution in [0.3, 0.4) is 0 Å². The molecular formula is C18H23FN4O2. The van der Waals surface area contributed by atoms with Crippen molar-refractivity contribution in [3.63, 3.8) is 0 Å². The van der Waals surface area contributed by atoms with Crippen molar-refractivity contribution in [3.8, 4) is 0 Å². The quantitative estimate of drug-likeness (QED) is 0.885. The Morgan fingerprint density at radius 1 is 1.40 bits per heavy atom. The van der Waals surface area contributed by atoms with Crippen LogP contribution in [0.1, 0.15) is 34.5 Å². The topological polar surface area (TPSA) is 70.4 Å². The summed E-state index contributed by atoms with van der Waals surface area (Å²) in [5, 5.41) is 16.4. The average molecular weight is 346 g/mol. The third kappa shape index (κ3) is 3.82. The van der Waals surface area contributed by atoms with Gasteiger partial charge in [0.05, 0.1) is 23.6 Å². The molecule has 134 valence electrons. The first-order valence-electron chi connectivity index (χ1n) is 8.44. The molecule has 0 radical (unpaired) electrons. The largest absolute Gasteiger partial charge is 0.393 e. The van der Waals surface area contributed by atoms with Gasteiger partial charge in [0, 0.05) is 32.4 Å². The van der Waals surface area contributed by atoms with E-state index in [9.17, 15) is 14.3 Å². The normalized spacial score (nSPS) is 15.4. The van der Waals surface area contributed by atoms with Gasteiger partial charge in [-0.25, -0.2) is 4.39 Å². The lowest BCUT2D eigenvalue weighted by Gasteiger charge is -2.31. The van der Waals surface area contributed by atoms with Crippen molar-refractivity contribution >= 4 is 11.6 Å². The molecule has 0 aliphatic carbocycles. The van der Waals surface area contributed by atoms with Gasteiger partial charge < -0.3 is 15.3 Å². The Bertz CT molecular complexity index is 766. The Morgan fingerprint density at radius 2 is 2.12 bits per heavy atom. The number of anilines is 1. The Balaban J connectivity index is 1.63. The fourth-order valence-corrected chi connectivity index (χ4v) is 3.02. The zero-order valence-corrected chi connectivity index (χ0v) is 14.5. The van der Waals surface area contributed by atoms with E-state index in [0.717, 1.165) is 5.69 Å². The highest BCUT2D eigenvalue weighted by Crippen LogP contribution is 2.24. The lowest BCUT2D eigenvalue weighted by atomic mass is 10.1. The highest BCUT2D eigenvalue weighted by molar-refractivity contribution is 5.94. The molecule has 7 heteroatoms. The van der Waals surface area contributed by atoms with Crippen molar-refractivity contribution in [2.45, 2.75) is 32.4 Å². The van der Waals surface area contributed by atoms with E-state index >= 15 is 0 Å². The number of nitrogens with zero attached hydrogens (tertiary/aromatic N) is 3.